The number of nitrogens with zero attached hydrogens (tertiary/aromatic N) is 4. The molecule has 0 spiro atoms. The third-order valence-corrected chi connectivity index (χ3v) is 4.76. The summed E-state index contributed by atoms with van der Waals surface area (Å²) in [6, 6.07) is 9.85. The van der Waals surface area contributed by atoms with Crippen LogP contribution in [0.25, 0.3) is 5.69 Å². The van der Waals surface area contributed by atoms with Crippen LogP contribution >= 0.6 is 0 Å². The molecule has 1 N–H and O–H groups in total. The standard InChI is InChI=1S/C19H27N5O/c1-14-9-15(2)12-23(11-14)19(25)10-20-16(3)18-13-24(22-21-18)17-7-5-4-6-8-17/h4-8,13-16,20H,9-12H2,1-3H3/t14-,15+,16-/m1/s1. The fourth-order valence-electron chi connectivity index (χ4n) is 3.51. The van der Waals surface area contributed by atoms with Gasteiger partial charge in [-0.05, 0) is 37.3 Å². The number of carbonyl (C=O) groups is 1. The normalized spacial score (nSPS) is 22.0. The highest BCUT2D eigenvalue weighted by atomic mass is 16.2. The molecule has 1 fully saturated rings. The fourth-order valence-corrected chi connectivity index (χ4v) is 3.51. The lowest BCUT2D eigenvalue weighted by Gasteiger charge is -2.35. The summed E-state index contributed by atoms with van der Waals surface area (Å²) in [4.78, 5) is 14.5. The summed E-state index contributed by atoms with van der Waals surface area (Å²) in [7, 11) is 0. The van der Waals surface area contributed by atoms with Gasteiger partial charge in [0.15, 0.2) is 0 Å². The van der Waals surface area contributed by atoms with E-state index in [2.05, 4.69) is 29.5 Å². The molecule has 3 rings (SSSR count). The molecule has 134 valence electrons. The number of aromatic nitrogens is 3. The first-order valence-corrected chi connectivity index (χ1v) is 9.01. The number of hydrogen-bond acceptors (Lipinski definition) is 4. The van der Waals surface area contributed by atoms with Gasteiger partial charge in [0, 0.05) is 13.1 Å². The van der Waals surface area contributed by atoms with Crippen LogP contribution in [0.3, 0.4) is 0 Å². The lowest BCUT2D eigenvalue weighted by molar-refractivity contribution is -0.133. The molecule has 0 saturated carbocycles. The summed E-state index contributed by atoms with van der Waals surface area (Å²) in [5.41, 5.74) is 1.80. The summed E-state index contributed by atoms with van der Waals surface area (Å²) in [6.07, 6.45) is 3.11. The first kappa shape index (κ1) is 17.6. The number of piperidine rings is 1. The van der Waals surface area contributed by atoms with Gasteiger partial charge in [-0.15, -0.1) is 5.10 Å². The molecule has 0 bridgehead atoms. The first-order valence-electron chi connectivity index (χ1n) is 9.01. The summed E-state index contributed by atoms with van der Waals surface area (Å²) in [6.45, 7) is 8.50. The van der Waals surface area contributed by atoms with Crippen molar-refractivity contribution in [2.24, 2.45) is 11.8 Å². The average Bonchev–Trinajstić information content (AvgIpc) is 3.09. The second-order valence-electron chi connectivity index (χ2n) is 7.27. The van der Waals surface area contributed by atoms with Gasteiger partial charge in [0.05, 0.1) is 30.2 Å². The quantitative estimate of drug-likeness (QED) is 0.907. The van der Waals surface area contributed by atoms with Gasteiger partial charge in [-0.3, -0.25) is 4.79 Å². The Kier molecular flexibility index (Phi) is 5.48. The van der Waals surface area contributed by atoms with Crippen LogP contribution in [-0.4, -0.2) is 45.4 Å². The molecule has 0 radical (unpaired) electrons. The van der Waals surface area contributed by atoms with Crippen molar-refractivity contribution >= 4 is 5.91 Å². The Bertz CT molecular complexity index is 689. The Morgan fingerprint density at radius 3 is 2.60 bits per heavy atom. The van der Waals surface area contributed by atoms with E-state index in [9.17, 15) is 4.79 Å². The van der Waals surface area contributed by atoms with Crippen LogP contribution in [0.1, 0.15) is 38.9 Å². The van der Waals surface area contributed by atoms with E-state index in [1.165, 1.54) is 6.42 Å². The van der Waals surface area contributed by atoms with Crippen LogP contribution < -0.4 is 5.32 Å². The number of rotatable bonds is 5. The van der Waals surface area contributed by atoms with Gasteiger partial charge in [0.1, 0.15) is 0 Å². The fraction of sp³-hybridized carbons (Fsp3) is 0.526. The van der Waals surface area contributed by atoms with E-state index in [1.54, 1.807) is 4.68 Å². The smallest absolute Gasteiger partial charge is 0.236 e. The molecule has 2 heterocycles. The van der Waals surface area contributed by atoms with Crippen molar-refractivity contribution < 1.29 is 4.79 Å². The van der Waals surface area contributed by atoms with E-state index >= 15 is 0 Å². The highest BCUT2D eigenvalue weighted by Crippen LogP contribution is 2.21. The molecule has 0 aliphatic carbocycles. The maximum atomic E-state index is 12.5. The highest BCUT2D eigenvalue weighted by molar-refractivity contribution is 5.78. The third kappa shape index (κ3) is 4.45. The molecule has 25 heavy (non-hydrogen) atoms. The van der Waals surface area contributed by atoms with Crippen molar-refractivity contribution in [2.45, 2.75) is 33.2 Å². The minimum Gasteiger partial charge on any atom is -0.341 e. The summed E-state index contributed by atoms with van der Waals surface area (Å²) in [5.74, 6) is 1.33. The van der Waals surface area contributed by atoms with Crippen LogP contribution in [0.2, 0.25) is 0 Å². The zero-order valence-corrected chi connectivity index (χ0v) is 15.2. The van der Waals surface area contributed by atoms with E-state index in [-0.39, 0.29) is 11.9 Å². The molecule has 1 aromatic heterocycles. The van der Waals surface area contributed by atoms with Gasteiger partial charge in [0.25, 0.3) is 0 Å². The number of benzene rings is 1. The number of likely N-dealkylation sites (tertiary alicyclic amines) is 1. The maximum absolute atomic E-state index is 12.5. The largest absolute Gasteiger partial charge is 0.341 e. The molecule has 1 aromatic carbocycles. The molecule has 1 aliphatic rings. The minimum absolute atomic E-state index is 0.0268. The van der Waals surface area contributed by atoms with Crippen molar-refractivity contribution in [1.29, 1.82) is 0 Å². The topological polar surface area (TPSA) is 63.1 Å². The van der Waals surface area contributed by atoms with E-state index in [4.69, 9.17) is 0 Å². The van der Waals surface area contributed by atoms with Crippen molar-refractivity contribution in [1.82, 2.24) is 25.2 Å². The zero-order valence-electron chi connectivity index (χ0n) is 15.2. The Morgan fingerprint density at radius 2 is 1.92 bits per heavy atom. The molecule has 1 amide bonds. The van der Waals surface area contributed by atoms with Crippen molar-refractivity contribution in [3.8, 4) is 5.69 Å². The summed E-state index contributed by atoms with van der Waals surface area (Å²) >= 11 is 0. The Labute approximate surface area is 149 Å². The Hall–Kier alpha value is -2.21. The maximum Gasteiger partial charge on any atom is 0.236 e. The average molecular weight is 341 g/mol. The third-order valence-electron chi connectivity index (χ3n) is 4.76. The van der Waals surface area contributed by atoms with Gasteiger partial charge >= 0.3 is 0 Å². The van der Waals surface area contributed by atoms with Crippen LogP contribution in [-0.2, 0) is 4.79 Å². The Morgan fingerprint density at radius 1 is 1.24 bits per heavy atom. The lowest BCUT2D eigenvalue weighted by atomic mass is 9.92. The van der Waals surface area contributed by atoms with Crippen LogP contribution in [0, 0.1) is 11.8 Å². The first-order chi connectivity index (χ1) is 12.0. The molecule has 3 atom stereocenters. The minimum atomic E-state index is -0.0268. The predicted octanol–water partition coefficient (Wildman–Crippen LogP) is 2.42. The SMILES string of the molecule is C[C@@H]1C[C@H](C)CN(C(=O)CN[C@H](C)c2cn(-c3ccccc3)nn2)C1. The van der Waals surface area contributed by atoms with Crippen LogP contribution in [0.15, 0.2) is 36.5 Å². The van der Waals surface area contributed by atoms with Gasteiger partial charge < -0.3 is 10.2 Å². The number of hydrogen-bond donors (Lipinski definition) is 1. The lowest BCUT2D eigenvalue weighted by Crippen LogP contribution is -2.46. The molecule has 2 aromatic rings. The second-order valence-corrected chi connectivity index (χ2v) is 7.27. The van der Waals surface area contributed by atoms with E-state index < -0.39 is 0 Å². The van der Waals surface area contributed by atoms with Crippen molar-refractivity contribution in [2.75, 3.05) is 19.6 Å². The molecule has 0 unspecified atom stereocenters. The van der Waals surface area contributed by atoms with Gasteiger partial charge in [-0.1, -0.05) is 37.3 Å². The highest BCUT2D eigenvalue weighted by Gasteiger charge is 2.25. The Balaban J connectivity index is 1.55. The van der Waals surface area contributed by atoms with Crippen molar-refractivity contribution in [3.63, 3.8) is 0 Å². The molecule has 6 heteroatoms. The van der Waals surface area contributed by atoms with Gasteiger partial charge in [-0.2, -0.15) is 0 Å². The van der Waals surface area contributed by atoms with Gasteiger partial charge in [-0.25, -0.2) is 4.68 Å². The predicted molar refractivity (Wildman–Crippen MR) is 97.3 cm³/mol. The number of carbonyl (C=O) groups excluding carboxylic acids is 1. The summed E-state index contributed by atoms with van der Waals surface area (Å²) < 4.78 is 1.75. The van der Waals surface area contributed by atoms with E-state index in [1.807, 2.05) is 48.4 Å². The molecule has 6 nitrogen and oxygen atoms in total. The summed E-state index contributed by atoms with van der Waals surface area (Å²) in [5, 5.41) is 11.7. The second kappa shape index (κ2) is 7.78. The van der Waals surface area contributed by atoms with Crippen LogP contribution in [0.5, 0.6) is 0 Å². The van der Waals surface area contributed by atoms with E-state index in [0.717, 1.165) is 24.5 Å². The molecule has 1 aliphatic heterocycles. The van der Waals surface area contributed by atoms with E-state index in [0.29, 0.717) is 18.4 Å². The number of nitrogens with one attached hydrogen (secondary N) is 1. The molecular weight excluding hydrogens is 314 g/mol. The monoisotopic (exact) mass is 341 g/mol. The van der Waals surface area contributed by atoms with Crippen LogP contribution in [0.4, 0.5) is 0 Å². The van der Waals surface area contributed by atoms with Gasteiger partial charge in [0.2, 0.25) is 5.91 Å². The van der Waals surface area contributed by atoms with Crippen molar-refractivity contribution in [3.05, 3.63) is 42.2 Å². The zero-order chi connectivity index (χ0) is 17.8. The number of para-hydroxylation sites is 1. The number of amides is 1. The molecule has 1 saturated heterocycles. The molecular formula is C19H27N5O.